The normalized spacial score (nSPS) is 13.9. The van der Waals surface area contributed by atoms with E-state index in [9.17, 15) is 8.78 Å². The van der Waals surface area contributed by atoms with Gasteiger partial charge in [0.1, 0.15) is 0 Å². The highest BCUT2D eigenvalue weighted by Gasteiger charge is 2.31. The molecule has 0 saturated heterocycles. The van der Waals surface area contributed by atoms with Crippen LogP contribution in [0.5, 0.6) is 0 Å². The van der Waals surface area contributed by atoms with Crippen LogP contribution in [0.1, 0.15) is 30.5 Å². The summed E-state index contributed by atoms with van der Waals surface area (Å²) in [5, 5.41) is 8.76. The van der Waals surface area contributed by atoms with Crippen molar-refractivity contribution >= 4 is 11.6 Å². The topological polar surface area (TPSA) is 46.2 Å². The molecule has 90 valence electrons. The van der Waals surface area contributed by atoms with Crippen LogP contribution in [-0.2, 0) is 5.92 Å². The number of hydrogen-bond acceptors (Lipinski definition) is 2. The minimum absolute atomic E-state index is 0.00149. The maximum absolute atomic E-state index is 13.4. The quantitative estimate of drug-likeness (QED) is 0.862. The number of nitrogens with two attached hydrogens (primary N) is 1. The highest BCUT2D eigenvalue weighted by atomic mass is 35.5. The fourth-order valence-electron chi connectivity index (χ4n) is 1.61. The van der Waals surface area contributed by atoms with Crippen LogP contribution in [-0.4, -0.2) is 11.7 Å². The number of aliphatic hydroxyl groups excluding tert-OH is 1. The molecule has 0 saturated carbocycles. The van der Waals surface area contributed by atoms with Gasteiger partial charge in [-0.3, -0.25) is 0 Å². The maximum atomic E-state index is 13.4. The van der Waals surface area contributed by atoms with Crippen molar-refractivity contribution in [1.82, 2.24) is 0 Å². The summed E-state index contributed by atoms with van der Waals surface area (Å²) in [5.74, 6) is -3.04. The SMILES string of the molecule is CC(F)(F)c1c(Cl)cccc1C(N)CCO. The van der Waals surface area contributed by atoms with Crippen LogP contribution >= 0.6 is 11.6 Å². The van der Waals surface area contributed by atoms with E-state index in [1.54, 1.807) is 6.07 Å². The Morgan fingerprint density at radius 2 is 2.12 bits per heavy atom. The zero-order chi connectivity index (χ0) is 12.3. The number of benzene rings is 1. The van der Waals surface area contributed by atoms with Gasteiger partial charge in [0.2, 0.25) is 0 Å². The monoisotopic (exact) mass is 249 g/mol. The van der Waals surface area contributed by atoms with Crippen LogP contribution in [0.3, 0.4) is 0 Å². The molecule has 0 bridgehead atoms. The summed E-state index contributed by atoms with van der Waals surface area (Å²) in [6.07, 6.45) is 0.226. The third-order valence-corrected chi connectivity index (χ3v) is 2.64. The third-order valence-electron chi connectivity index (χ3n) is 2.32. The van der Waals surface area contributed by atoms with Crippen molar-refractivity contribution in [3.63, 3.8) is 0 Å². The van der Waals surface area contributed by atoms with Gasteiger partial charge < -0.3 is 10.8 Å². The van der Waals surface area contributed by atoms with Crippen molar-refractivity contribution in [2.75, 3.05) is 6.61 Å². The predicted octanol–water partition coefficient (Wildman–Crippen LogP) is 2.83. The zero-order valence-electron chi connectivity index (χ0n) is 8.88. The number of hydrogen-bond donors (Lipinski definition) is 2. The first-order chi connectivity index (χ1) is 7.38. The average molecular weight is 250 g/mol. The van der Waals surface area contributed by atoms with Crippen LogP contribution in [0.25, 0.3) is 0 Å². The molecular weight excluding hydrogens is 236 g/mol. The summed E-state index contributed by atoms with van der Waals surface area (Å²) in [6, 6.07) is 3.86. The molecule has 0 aromatic heterocycles. The van der Waals surface area contributed by atoms with E-state index < -0.39 is 12.0 Å². The van der Waals surface area contributed by atoms with Crippen LogP contribution < -0.4 is 5.73 Å². The minimum atomic E-state index is -3.04. The van der Waals surface area contributed by atoms with E-state index in [0.717, 1.165) is 6.92 Å². The van der Waals surface area contributed by atoms with Crippen molar-refractivity contribution in [3.05, 3.63) is 34.3 Å². The highest BCUT2D eigenvalue weighted by molar-refractivity contribution is 6.31. The van der Waals surface area contributed by atoms with Crippen molar-refractivity contribution in [3.8, 4) is 0 Å². The molecule has 0 radical (unpaired) electrons. The molecule has 3 N–H and O–H groups in total. The average Bonchev–Trinajstić information content (AvgIpc) is 2.15. The summed E-state index contributed by atoms with van der Waals surface area (Å²) in [7, 11) is 0. The first kappa shape index (κ1) is 13.4. The largest absolute Gasteiger partial charge is 0.396 e. The number of aliphatic hydroxyl groups is 1. The van der Waals surface area contributed by atoms with Gasteiger partial charge >= 0.3 is 0 Å². The lowest BCUT2D eigenvalue weighted by atomic mass is 9.95. The summed E-state index contributed by atoms with van der Waals surface area (Å²) in [5.41, 5.74) is 5.75. The lowest BCUT2D eigenvalue weighted by Crippen LogP contribution is -2.19. The Bertz CT molecular complexity index is 365. The van der Waals surface area contributed by atoms with Gasteiger partial charge in [-0.25, -0.2) is 8.78 Å². The third kappa shape index (κ3) is 2.90. The van der Waals surface area contributed by atoms with Crippen LogP contribution in [0.2, 0.25) is 5.02 Å². The van der Waals surface area contributed by atoms with E-state index in [1.807, 2.05) is 0 Å². The molecule has 0 spiro atoms. The molecule has 0 aliphatic heterocycles. The maximum Gasteiger partial charge on any atom is 0.272 e. The lowest BCUT2D eigenvalue weighted by Gasteiger charge is -2.21. The summed E-state index contributed by atoms with van der Waals surface area (Å²) in [4.78, 5) is 0. The molecule has 0 aliphatic carbocycles. The number of halogens is 3. The zero-order valence-corrected chi connectivity index (χ0v) is 9.64. The first-order valence-corrected chi connectivity index (χ1v) is 5.29. The molecule has 0 amide bonds. The Morgan fingerprint density at radius 3 is 2.62 bits per heavy atom. The van der Waals surface area contributed by atoms with Gasteiger partial charge in [0.25, 0.3) is 5.92 Å². The fraction of sp³-hybridized carbons (Fsp3) is 0.455. The standard InChI is InChI=1S/C11H14ClF2NO/c1-11(13,14)10-7(9(15)5-6-16)3-2-4-8(10)12/h2-4,9,16H,5-6,15H2,1H3. The molecular formula is C11H14ClF2NO. The van der Waals surface area contributed by atoms with E-state index >= 15 is 0 Å². The van der Waals surface area contributed by atoms with Crippen molar-refractivity contribution < 1.29 is 13.9 Å². The van der Waals surface area contributed by atoms with Gasteiger partial charge in [0.05, 0.1) is 5.02 Å². The Kier molecular flexibility index (Phi) is 4.24. The van der Waals surface area contributed by atoms with Crippen molar-refractivity contribution in [1.29, 1.82) is 0 Å². The molecule has 5 heteroatoms. The number of alkyl halides is 2. The first-order valence-electron chi connectivity index (χ1n) is 4.91. The molecule has 1 aromatic carbocycles. The van der Waals surface area contributed by atoms with Gasteiger partial charge in [-0.15, -0.1) is 0 Å². The number of rotatable bonds is 4. The Labute approximate surface area is 98.0 Å². The second-order valence-corrected chi connectivity index (χ2v) is 4.12. The minimum Gasteiger partial charge on any atom is -0.396 e. The fourth-order valence-corrected chi connectivity index (χ4v) is 1.96. The van der Waals surface area contributed by atoms with E-state index in [-0.39, 0.29) is 29.2 Å². The van der Waals surface area contributed by atoms with Gasteiger partial charge in [-0.2, -0.15) is 0 Å². The van der Waals surface area contributed by atoms with Gasteiger partial charge in [0, 0.05) is 25.1 Å². The Balaban J connectivity index is 3.23. The van der Waals surface area contributed by atoms with Crippen LogP contribution in [0, 0.1) is 0 Å². The van der Waals surface area contributed by atoms with Gasteiger partial charge in [-0.1, -0.05) is 23.7 Å². The molecule has 2 nitrogen and oxygen atoms in total. The second-order valence-electron chi connectivity index (χ2n) is 3.71. The molecule has 0 heterocycles. The van der Waals surface area contributed by atoms with E-state index in [1.165, 1.54) is 12.1 Å². The van der Waals surface area contributed by atoms with Gasteiger partial charge in [0.15, 0.2) is 0 Å². The van der Waals surface area contributed by atoms with E-state index in [0.29, 0.717) is 0 Å². The van der Waals surface area contributed by atoms with Crippen molar-refractivity contribution in [2.45, 2.75) is 25.3 Å². The van der Waals surface area contributed by atoms with Crippen LogP contribution in [0.15, 0.2) is 18.2 Å². The molecule has 0 aliphatic rings. The molecule has 1 atom stereocenters. The predicted molar refractivity (Wildman–Crippen MR) is 59.7 cm³/mol. The molecule has 0 fully saturated rings. The van der Waals surface area contributed by atoms with E-state index in [2.05, 4.69) is 0 Å². The summed E-state index contributed by atoms with van der Waals surface area (Å²) < 4.78 is 26.7. The molecule has 1 unspecified atom stereocenters. The highest BCUT2D eigenvalue weighted by Crippen LogP contribution is 2.37. The molecule has 16 heavy (non-hydrogen) atoms. The van der Waals surface area contributed by atoms with Crippen LogP contribution in [0.4, 0.5) is 8.78 Å². The molecule has 1 rings (SSSR count). The van der Waals surface area contributed by atoms with E-state index in [4.69, 9.17) is 22.4 Å². The van der Waals surface area contributed by atoms with Crippen molar-refractivity contribution in [2.24, 2.45) is 5.73 Å². The smallest absolute Gasteiger partial charge is 0.272 e. The lowest BCUT2D eigenvalue weighted by molar-refractivity contribution is 0.0162. The molecule has 1 aromatic rings. The van der Waals surface area contributed by atoms with Gasteiger partial charge in [-0.05, 0) is 18.1 Å². The summed E-state index contributed by atoms with van der Waals surface area (Å²) in [6.45, 7) is 0.631. The second kappa shape index (κ2) is 5.08. The Morgan fingerprint density at radius 1 is 1.50 bits per heavy atom. The Hall–Kier alpha value is -0.710. The summed E-state index contributed by atoms with van der Waals surface area (Å²) >= 11 is 5.76.